The third-order valence-electron chi connectivity index (χ3n) is 6.72. The molecule has 36 heavy (non-hydrogen) atoms. The highest BCUT2D eigenvalue weighted by atomic mass is 32.2. The number of aromatic nitrogens is 4. The summed E-state index contributed by atoms with van der Waals surface area (Å²) < 4.78 is 29.8. The van der Waals surface area contributed by atoms with Gasteiger partial charge in [-0.15, -0.1) is 0 Å². The number of benzene rings is 1. The van der Waals surface area contributed by atoms with Gasteiger partial charge in [0.15, 0.2) is 9.84 Å². The molecule has 0 atom stereocenters. The second kappa shape index (κ2) is 10.8. The highest BCUT2D eigenvalue weighted by molar-refractivity contribution is 7.94. The number of fused-ring (bicyclic) bond motifs is 2. The molecule has 1 aliphatic heterocycles. The van der Waals surface area contributed by atoms with E-state index in [1.54, 1.807) is 13.0 Å². The predicted octanol–water partition coefficient (Wildman–Crippen LogP) is 3.91. The summed E-state index contributed by atoms with van der Waals surface area (Å²) in [6, 6.07) is 7.92. The topological polar surface area (TPSA) is 91.2 Å². The van der Waals surface area contributed by atoms with E-state index in [1.165, 1.54) is 6.26 Å². The first-order valence-corrected chi connectivity index (χ1v) is 14.4. The number of hydrogen-bond donors (Lipinski definition) is 0. The van der Waals surface area contributed by atoms with Gasteiger partial charge in [0.2, 0.25) is 0 Å². The van der Waals surface area contributed by atoms with Gasteiger partial charge in [0, 0.05) is 61.2 Å². The molecular weight excluding hydrogens is 474 g/mol. The van der Waals surface area contributed by atoms with Crippen molar-refractivity contribution in [3.05, 3.63) is 75.1 Å². The number of aliphatic imine (C=N–C) groups is 1. The number of allylic oxidation sites excluding steroid dienone is 3. The maximum Gasteiger partial charge on any atom is 0.328 e. The fraction of sp³-hybridized carbons (Fsp3) is 0.444. The van der Waals surface area contributed by atoms with Gasteiger partial charge in [-0.05, 0) is 38.3 Å². The summed E-state index contributed by atoms with van der Waals surface area (Å²) >= 11 is 0. The van der Waals surface area contributed by atoms with Crippen molar-refractivity contribution in [1.82, 2.24) is 18.7 Å². The molecule has 4 rings (SSSR count). The van der Waals surface area contributed by atoms with Gasteiger partial charge in [0.25, 0.3) is 0 Å². The van der Waals surface area contributed by atoms with Gasteiger partial charge < -0.3 is 4.57 Å². The highest BCUT2D eigenvalue weighted by Gasteiger charge is 2.22. The first kappa shape index (κ1) is 25.9. The Labute approximate surface area is 212 Å². The Kier molecular flexibility index (Phi) is 7.78. The number of rotatable bonds is 10. The van der Waals surface area contributed by atoms with E-state index >= 15 is 0 Å². The summed E-state index contributed by atoms with van der Waals surface area (Å²) in [5.41, 5.74) is 4.82. The van der Waals surface area contributed by atoms with E-state index in [0.29, 0.717) is 50.3 Å². The lowest BCUT2D eigenvalue weighted by molar-refractivity contribution is 0.588. The lowest BCUT2D eigenvalue weighted by Crippen LogP contribution is -2.27. The summed E-state index contributed by atoms with van der Waals surface area (Å²) in [5.74, 6) is 0.784. The van der Waals surface area contributed by atoms with E-state index in [1.807, 2.05) is 39.6 Å². The molecule has 3 aromatic rings. The van der Waals surface area contributed by atoms with Crippen LogP contribution in [0.2, 0.25) is 0 Å². The fourth-order valence-corrected chi connectivity index (χ4v) is 5.84. The van der Waals surface area contributed by atoms with Gasteiger partial charge in [-0.25, -0.2) is 18.2 Å². The maximum atomic E-state index is 13.5. The largest absolute Gasteiger partial charge is 0.328 e. The minimum Gasteiger partial charge on any atom is -0.322 e. The van der Waals surface area contributed by atoms with Gasteiger partial charge in [0.1, 0.15) is 5.82 Å². The molecule has 0 amide bonds. The zero-order valence-corrected chi connectivity index (χ0v) is 22.2. The predicted molar refractivity (Wildman–Crippen MR) is 146 cm³/mol. The quantitative estimate of drug-likeness (QED) is 0.388. The Morgan fingerprint density at radius 2 is 1.92 bits per heavy atom. The summed E-state index contributed by atoms with van der Waals surface area (Å²) in [5, 5.41) is 0. The minimum absolute atomic E-state index is 0.000426. The van der Waals surface area contributed by atoms with Gasteiger partial charge in [-0.1, -0.05) is 37.3 Å². The van der Waals surface area contributed by atoms with Crippen LogP contribution >= 0.6 is 0 Å². The van der Waals surface area contributed by atoms with Crippen molar-refractivity contribution in [2.45, 2.75) is 65.6 Å². The monoisotopic (exact) mass is 509 g/mol. The third kappa shape index (κ3) is 5.31. The van der Waals surface area contributed by atoms with E-state index in [-0.39, 0.29) is 5.69 Å². The SMILES string of the molecule is C=C(CC/C(=C\C)S(C)(=O)=O)Cn1c(Cn2c3c(n(CCC)c2=O)CCN=CC3)nc2ccccc21. The number of para-hydroxylation sites is 2. The van der Waals surface area contributed by atoms with Crippen molar-refractivity contribution < 1.29 is 8.42 Å². The van der Waals surface area contributed by atoms with Crippen molar-refractivity contribution in [1.29, 1.82) is 0 Å². The van der Waals surface area contributed by atoms with Gasteiger partial charge in [-0.2, -0.15) is 0 Å². The van der Waals surface area contributed by atoms with Gasteiger partial charge >= 0.3 is 5.69 Å². The molecule has 2 aromatic heterocycles. The molecule has 9 heteroatoms. The van der Waals surface area contributed by atoms with Crippen molar-refractivity contribution >= 4 is 27.1 Å². The Balaban J connectivity index is 1.69. The second-order valence-electron chi connectivity index (χ2n) is 9.34. The number of sulfone groups is 1. The second-order valence-corrected chi connectivity index (χ2v) is 11.4. The van der Waals surface area contributed by atoms with Crippen LogP contribution in [0.3, 0.4) is 0 Å². The van der Waals surface area contributed by atoms with E-state index < -0.39 is 9.84 Å². The molecule has 0 saturated heterocycles. The first-order chi connectivity index (χ1) is 17.2. The molecule has 192 valence electrons. The van der Waals surface area contributed by atoms with Gasteiger partial charge in [-0.3, -0.25) is 14.1 Å². The summed E-state index contributed by atoms with van der Waals surface area (Å²) in [4.78, 5) is 23.2. The van der Waals surface area contributed by atoms with Crippen molar-refractivity contribution in [2.75, 3.05) is 12.8 Å². The summed E-state index contributed by atoms with van der Waals surface area (Å²) in [7, 11) is -3.23. The van der Waals surface area contributed by atoms with Gasteiger partial charge in [0.05, 0.1) is 17.6 Å². The molecule has 0 bridgehead atoms. The molecule has 8 nitrogen and oxygen atoms in total. The molecule has 1 aliphatic rings. The number of imidazole rings is 2. The zero-order valence-electron chi connectivity index (χ0n) is 21.4. The lowest BCUT2D eigenvalue weighted by atomic mass is 10.1. The lowest BCUT2D eigenvalue weighted by Gasteiger charge is -2.13. The Morgan fingerprint density at radius 1 is 1.14 bits per heavy atom. The third-order valence-corrected chi connectivity index (χ3v) is 8.12. The zero-order chi connectivity index (χ0) is 25.9. The minimum atomic E-state index is -3.23. The Morgan fingerprint density at radius 3 is 2.64 bits per heavy atom. The first-order valence-electron chi connectivity index (χ1n) is 12.5. The van der Waals surface area contributed by atoms with Crippen LogP contribution in [0.25, 0.3) is 11.0 Å². The molecule has 0 fully saturated rings. The highest BCUT2D eigenvalue weighted by Crippen LogP contribution is 2.23. The summed E-state index contributed by atoms with van der Waals surface area (Å²) in [6.45, 7) is 10.3. The van der Waals surface area contributed by atoms with Crippen molar-refractivity contribution in [3.63, 3.8) is 0 Å². The van der Waals surface area contributed by atoms with Crippen molar-refractivity contribution in [2.24, 2.45) is 4.99 Å². The van der Waals surface area contributed by atoms with Crippen LogP contribution in [0.15, 0.2) is 57.2 Å². The molecule has 0 spiro atoms. The molecule has 0 radical (unpaired) electrons. The molecule has 0 saturated carbocycles. The molecule has 3 heterocycles. The molecule has 0 aliphatic carbocycles. The smallest absolute Gasteiger partial charge is 0.322 e. The maximum absolute atomic E-state index is 13.5. The van der Waals surface area contributed by atoms with Crippen LogP contribution in [0.4, 0.5) is 0 Å². The van der Waals surface area contributed by atoms with Crippen LogP contribution in [-0.4, -0.2) is 46.1 Å². The fourth-order valence-electron chi connectivity index (χ4n) is 4.94. The average molecular weight is 510 g/mol. The van der Waals surface area contributed by atoms with E-state index in [0.717, 1.165) is 46.7 Å². The van der Waals surface area contributed by atoms with Crippen molar-refractivity contribution in [3.8, 4) is 0 Å². The van der Waals surface area contributed by atoms with Crippen LogP contribution in [-0.2, 0) is 42.3 Å². The molecule has 0 N–H and O–H groups in total. The standard InChI is InChI=1S/C27H35N5O3S/c1-5-17-30-24-13-15-28-16-14-25(24)32(27(30)33)19-26-29-22-9-7-8-10-23(22)31(26)18-20(3)11-12-21(6-2)36(4,34)35/h6-10,16H,3,5,11-15,17-19H2,1-2,4H3/b21-6+. The normalized spacial score (nSPS) is 14.2. The average Bonchev–Trinajstić information content (AvgIpc) is 3.15. The van der Waals surface area contributed by atoms with E-state index in [4.69, 9.17) is 4.98 Å². The number of hydrogen-bond acceptors (Lipinski definition) is 5. The molecule has 0 unspecified atom stereocenters. The van der Waals surface area contributed by atoms with Crippen LogP contribution in [0, 0.1) is 0 Å². The van der Waals surface area contributed by atoms with E-state index in [2.05, 4.69) is 23.1 Å². The Hall–Kier alpha value is -3.20. The Bertz CT molecular complexity index is 1500. The molecule has 1 aromatic carbocycles. The van der Waals surface area contributed by atoms with E-state index in [9.17, 15) is 13.2 Å². The molecular formula is C27H35N5O3S. The number of nitrogens with zero attached hydrogens (tertiary/aromatic N) is 5. The van der Waals surface area contributed by atoms with Crippen LogP contribution < -0.4 is 5.69 Å². The summed E-state index contributed by atoms with van der Waals surface area (Å²) in [6.07, 6.45) is 8.05. The van der Waals surface area contributed by atoms with Crippen LogP contribution in [0.1, 0.15) is 50.3 Å². The van der Waals surface area contributed by atoms with Crippen LogP contribution in [0.5, 0.6) is 0 Å².